The van der Waals surface area contributed by atoms with Crippen molar-refractivity contribution in [2.45, 2.75) is 13.8 Å². The van der Waals surface area contributed by atoms with Crippen molar-refractivity contribution in [1.29, 1.82) is 0 Å². The van der Waals surface area contributed by atoms with E-state index < -0.39 is 0 Å². The monoisotopic (exact) mass is 246 g/mol. The predicted octanol–water partition coefficient (Wildman–Crippen LogP) is 1.68. The van der Waals surface area contributed by atoms with Crippen molar-refractivity contribution in [3.63, 3.8) is 0 Å². The van der Waals surface area contributed by atoms with Gasteiger partial charge in [0.25, 0.3) is 0 Å². The lowest BCUT2D eigenvalue weighted by molar-refractivity contribution is 1.19. The van der Waals surface area contributed by atoms with E-state index in [1.165, 1.54) is 6.33 Å². The maximum atomic E-state index is 5.76. The number of aromatic nitrogens is 5. The minimum Gasteiger partial charge on any atom is -0.382 e. The number of nitrogen functional groups attached to an aromatic ring is 1. The zero-order chi connectivity index (χ0) is 12.0. The molecule has 3 heterocycles. The lowest BCUT2D eigenvalue weighted by Gasteiger charge is -1.91. The summed E-state index contributed by atoms with van der Waals surface area (Å²) in [6.07, 6.45) is 1.41. The number of rotatable bonds is 1. The molecule has 0 bridgehead atoms. The van der Waals surface area contributed by atoms with Crippen LogP contribution in [0.4, 0.5) is 5.82 Å². The van der Waals surface area contributed by atoms with E-state index in [9.17, 15) is 0 Å². The van der Waals surface area contributed by atoms with Crippen LogP contribution in [0.15, 0.2) is 6.33 Å². The number of nitrogens with one attached hydrogen (secondary N) is 1. The van der Waals surface area contributed by atoms with Crippen molar-refractivity contribution >= 4 is 28.3 Å². The molecule has 86 valence electrons. The Balaban J connectivity index is 2.25. The molecule has 3 rings (SSSR count). The van der Waals surface area contributed by atoms with Crippen molar-refractivity contribution in [2.75, 3.05) is 5.73 Å². The average Bonchev–Trinajstić information content (AvgIpc) is 2.82. The molecule has 3 aromatic rings. The summed E-state index contributed by atoms with van der Waals surface area (Å²) in [6.45, 7) is 3.93. The van der Waals surface area contributed by atoms with Gasteiger partial charge in [-0.2, -0.15) is 0 Å². The maximum absolute atomic E-state index is 5.76. The molecular formula is C10H10N6S. The smallest absolute Gasteiger partial charge is 0.183 e. The molecule has 0 saturated carbocycles. The number of hydrogen-bond acceptors (Lipinski definition) is 6. The first-order valence-electron chi connectivity index (χ1n) is 5.05. The molecule has 0 unspecified atom stereocenters. The third-order valence-corrected chi connectivity index (χ3v) is 3.52. The van der Waals surface area contributed by atoms with Crippen molar-refractivity contribution in [2.24, 2.45) is 0 Å². The lowest BCUT2D eigenvalue weighted by Crippen LogP contribution is -1.91. The van der Waals surface area contributed by atoms with Crippen LogP contribution >= 0.6 is 11.3 Å². The highest BCUT2D eigenvalue weighted by Crippen LogP contribution is 2.29. The van der Waals surface area contributed by atoms with Crippen LogP contribution in [0.3, 0.4) is 0 Å². The summed E-state index contributed by atoms with van der Waals surface area (Å²) in [5.74, 6) is 1.16. The van der Waals surface area contributed by atoms with Crippen molar-refractivity contribution in [1.82, 2.24) is 24.9 Å². The van der Waals surface area contributed by atoms with E-state index in [-0.39, 0.29) is 0 Å². The van der Waals surface area contributed by atoms with E-state index in [0.29, 0.717) is 17.0 Å². The van der Waals surface area contributed by atoms with Gasteiger partial charge in [-0.3, -0.25) is 0 Å². The van der Waals surface area contributed by atoms with E-state index >= 15 is 0 Å². The fourth-order valence-corrected chi connectivity index (χ4v) is 2.57. The number of imidazole rings is 1. The number of thiazole rings is 1. The number of nitrogens with two attached hydrogens (primary N) is 1. The largest absolute Gasteiger partial charge is 0.382 e. The van der Waals surface area contributed by atoms with Crippen LogP contribution in [0, 0.1) is 13.8 Å². The van der Waals surface area contributed by atoms with Gasteiger partial charge in [0.1, 0.15) is 11.8 Å². The number of nitrogens with zero attached hydrogens (tertiary/aromatic N) is 4. The number of aromatic amines is 1. The Hall–Kier alpha value is -2.02. The molecule has 17 heavy (non-hydrogen) atoms. The Morgan fingerprint density at radius 2 is 2.06 bits per heavy atom. The second kappa shape index (κ2) is 3.49. The molecule has 0 spiro atoms. The Kier molecular flexibility index (Phi) is 2.08. The number of H-pyrrole nitrogens is 1. The molecule has 0 aromatic carbocycles. The highest BCUT2D eigenvalue weighted by Gasteiger charge is 2.13. The molecular weight excluding hydrogens is 236 g/mol. The summed E-state index contributed by atoms with van der Waals surface area (Å²) in [7, 11) is 0. The fraction of sp³-hybridized carbons (Fsp3) is 0.200. The molecule has 0 aliphatic heterocycles. The van der Waals surface area contributed by atoms with E-state index in [1.807, 2.05) is 13.8 Å². The van der Waals surface area contributed by atoms with Gasteiger partial charge in [0.05, 0.1) is 15.6 Å². The molecule has 0 aliphatic rings. The number of hydrogen-bond donors (Lipinski definition) is 2. The van der Waals surface area contributed by atoms with Crippen LogP contribution in [0.2, 0.25) is 0 Å². The Morgan fingerprint density at radius 3 is 2.71 bits per heavy atom. The fourth-order valence-electron chi connectivity index (χ4n) is 1.70. The summed E-state index contributed by atoms with van der Waals surface area (Å²) in [5.41, 5.74) is 7.97. The van der Waals surface area contributed by atoms with E-state index in [0.717, 1.165) is 21.4 Å². The molecule has 3 aromatic heterocycles. The molecule has 0 fully saturated rings. The number of fused-ring (bicyclic) bond motifs is 1. The van der Waals surface area contributed by atoms with Gasteiger partial charge in [-0.25, -0.2) is 19.9 Å². The minimum absolute atomic E-state index is 0.410. The summed E-state index contributed by atoms with van der Waals surface area (Å²) in [6, 6.07) is 0. The maximum Gasteiger partial charge on any atom is 0.183 e. The van der Waals surface area contributed by atoms with Gasteiger partial charge in [-0.15, -0.1) is 11.3 Å². The molecule has 7 heteroatoms. The van der Waals surface area contributed by atoms with Gasteiger partial charge >= 0.3 is 0 Å². The predicted molar refractivity (Wildman–Crippen MR) is 66.7 cm³/mol. The number of aryl methyl sites for hydroxylation is 2. The lowest BCUT2D eigenvalue weighted by atomic mass is 10.4. The Bertz CT molecular complexity index is 698. The van der Waals surface area contributed by atoms with Gasteiger partial charge in [-0.05, 0) is 13.8 Å². The standard InChI is InChI=1S/C10H10N6S/c1-4-7(17-5(2)14-4)10-15-6-8(11)12-3-13-9(6)16-10/h3H,1-2H3,(H3,11,12,13,15,16). The van der Waals surface area contributed by atoms with E-state index in [1.54, 1.807) is 11.3 Å². The molecule has 0 aliphatic carbocycles. The molecule has 0 radical (unpaired) electrons. The SMILES string of the molecule is Cc1nc(C)c(-c2nc3ncnc(N)c3[nH]2)s1. The summed E-state index contributed by atoms with van der Waals surface area (Å²) >= 11 is 1.59. The van der Waals surface area contributed by atoms with E-state index in [4.69, 9.17) is 5.73 Å². The first-order chi connectivity index (χ1) is 8.15. The van der Waals surface area contributed by atoms with Gasteiger partial charge < -0.3 is 10.7 Å². The van der Waals surface area contributed by atoms with Gasteiger partial charge in [0.15, 0.2) is 17.3 Å². The van der Waals surface area contributed by atoms with E-state index in [2.05, 4.69) is 24.9 Å². The van der Waals surface area contributed by atoms with Crippen molar-refractivity contribution in [3.8, 4) is 10.7 Å². The first-order valence-corrected chi connectivity index (χ1v) is 5.87. The second-order valence-electron chi connectivity index (χ2n) is 3.69. The van der Waals surface area contributed by atoms with Crippen LogP contribution in [0.1, 0.15) is 10.7 Å². The molecule has 0 amide bonds. The highest BCUT2D eigenvalue weighted by molar-refractivity contribution is 7.15. The summed E-state index contributed by atoms with van der Waals surface area (Å²) in [5, 5.41) is 1.01. The third kappa shape index (κ3) is 1.55. The third-order valence-electron chi connectivity index (χ3n) is 2.44. The Labute approximate surface area is 101 Å². The minimum atomic E-state index is 0.410. The zero-order valence-electron chi connectivity index (χ0n) is 9.35. The molecule has 3 N–H and O–H groups in total. The van der Waals surface area contributed by atoms with Crippen LogP contribution < -0.4 is 5.73 Å². The van der Waals surface area contributed by atoms with Crippen LogP contribution in [0.25, 0.3) is 21.9 Å². The van der Waals surface area contributed by atoms with Gasteiger partial charge in [0, 0.05) is 0 Å². The second-order valence-corrected chi connectivity index (χ2v) is 4.89. The number of anilines is 1. The van der Waals surface area contributed by atoms with Gasteiger partial charge in [0.2, 0.25) is 0 Å². The quantitative estimate of drug-likeness (QED) is 0.681. The van der Waals surface area contributed by atoms with Crippen molar-refractivity contribution in [3.05, 3.63) is 17.0 Å². The molecule has 6 nitrogen and oxygen atoms in total. The summed E-state index contributed by atoms with van der Waals surface area (Å²) < 4.78 is 0. The van der Waals surface area contributed by atoms with Crippen LogP contribution in [-0.4, -0.2) is 24.9 Å². The topological polar surface area (TPSA) is 93.4 Å². The van der Waals surface area contributed by atoms with Gasteiger partial charge in [-0.1, -0.05) is 0 Å². The normalized spacial score (nSPS) is 11.2. The Morgan fingerprint density at radius 1 is 1.24 bits per heavy atom. The van der Waals surface area contributed by atoms with Crippen molar-refractivity contribution < 1.29 is 0 Å². The summed E-state index contributed by atoms with van der Waals surface area (Å²) in [4.78, 5) is 20.9. The zero-order valence-corrected chi connectivity index (χ0v) is 10.2. The van der Waals surface area contributed by atoms with Crippen LogP contribution in [0.5, 0.6) is 0 Å². The molecule has 0 saturated heterocycles. The average molecular weight is 246 g/mol. The molecule has 0 atom stereocenters. The highest BCUT2D eigenvalue weighted by atomic mass is 32.1. The first kappa shape index (κ1) is 10.2. The van der Waals surface area contributed by atoms with Crippen LogP contribution in [-0.2, 0) is 0 Å².